The quantitative estimate of drug-likeness (QED) is 0.678. The van der Waals surface area contributed by atoms with Gasteiger partial charge in [-0.15, -0.1) is 11.3 Å². The Kier molecular flexibility index (Phi) is 5.98. The van der Waals surface area contributed by atoms with Gasteiger partial charge < -0.3 is 10.2 Å². The Morgan fingerprint density at radius 3 is 2.58 bits per heavy atom. The number of hydrogen-bond acceptors (Lipinski definition) is 3. The van der Waals surface area contributed by atoms with Crippen LogP contribution in [0.25, 0.3) is 10.6 Å². The molecule has 7 heteroatoms. The van der Waals surface area contributed by atoms with E-state index in [1.165, 1.54) is 12.1 Å². The number of aromatic nitrogens is 1. The number of nitrogens with zero attached hydrogens (tertiary/aromatic N) is 1. The first-order valence-electron chi connectivity index (χ1n) is 8.06. The van der Waals surface area contributed by atoms with E-state index in [4.69, 9.17) is 11.6 Å². The van der Waals surface area contributed by atoms with E-state index < -0.39 is 0 Å². The van der Waals surface area contributed by atoms with Crippen molar-refractivity contribution in [2.45, 2.75) is 6.54 Å². The number of thiazole rings is 1. The third-order valence-electron chi connectivity index (χ3n) is 3.72. The molecular formula is C19H18ClFN3OS+. The molecule has 0 aliphatic carbocycles. The highest BCUT2D eigenvalue weighted by molar-refractivity contribution is 7.13. The van der Waals surface area contributed by atoms with E-state index in [1.807, 2.05) is 36.7 Å². The Labute approximate surface area is 160 Å². The molecule has 3 rings (SSSR count). The lowest BCUT2D eigenvalue weighted by Gasteiger charge is -2.12. The van der Waals surface area contributed by atoms with Gasteiger partial charge >= 0.3 is 0 Å². The summed E-state index contributed by atoms with van der Waals surface area (Å²) in [5.74, 6) is -0.451. The molecule has 0 spiro atoms. The summed E-state index contributed by atoms with van der Waals surface area (Å²) in [6.07, 6.45) is 0. The average Bonchev–Trinajstić information content (AvgIpc) is 3.05. The molecule has 0 fully saturated rings. The Hall–Kier alpha value is -2.28. The highest BCUT2D eigenvalue weighted by Gasteiger charge is 2.13. The van der Waals surface area contributed by atoms with Gasteiger partial charge in [-0.25, -0.2) is 9.37 Å². The van der Waals surface area contributed by atoms with Gasteiger partial charge in [-0.1, -0.05) is 23.7 Å². The van der Waals surface area contributed by atoms with Crippen LogP contribution in [0.2, 0.25) is 5.02 Å². The lowest BCUT2D eigenvalue weighted by Crippen LogP contribution is -3.08. The minimum atomic E-state index is -0.328. The first-order chi connectivity index (χ1) is 12.5. The maximum Gasteiger partial charge on any atom is 0.279 e. The number of carbonyl (C=O) groups excluding carboxylic acids is 1. The number of quaternary nitrogens is 1. The minimum Gasteiger partial charge on any atom is -0.325 e. The number of likely N-dealkylation sites (N-methyl/N-ethyl adjacent to an activating group) is 1. The van der Waals surface area contributed by atoms with E-state index in [2.05, 4.69) is 10.3 Å². The van der Waals surface area contributed by atoms with E-state index in [1.54, 1.807) is 23.5 Å². The third kappa shape index (κ3) is 5.11. The van der Waals surface area contributed by atoms with Crippen LogP contribution >= 0.6 is 22.9 Å². The predicted octanol–water partition coefficient (Wildman–Crippen LogP) is 3.26. The summed E-state index contributed by atoms with van der Waals surface area (Å²) in [5.41, 5.74) is 2.55. The molecule has 1 amide bonds. The number of hydrogen-bond donors (Lipinski definition) is 2. The first-order valence-corrected chi connectivity index (χ1v) is 9.32. The zero-order valence-corrected chi connectivity index (χ0v) is 15.7. The second kappa shape index (κ2) is 8.40. The number of carbonyl (C=O) groups is 1. The summed E-state index contributed by atoms with van der Waals surface area (Å²) < 4.78 is 12.9. The number of nitrogens with one attached hydrogen (secondary N) is 2. The molecule has 134 valence electrons. The van der Waals surface area contributed by atoms with Crippen LogP contribution < -0.4 is 10.2 Å². The van der Waals surface area contributed by atoms with Crippen LogP contribution in [-0.2, 0) is 11.3 Å². The van der Waals surface area contributed by atoms with E-state index >= 15 is 0 Å². The summed E-state index contributed by atoms with van der Waals surface area (Å²) in [5, 5.41) is 6.40. The Morgan fingerprint density at radius 1 is 1.19 bits per heavy atom. The van der Waals surface area contributed by atoms with Gasteiger partial charge in [0.15, 0.2) is 6.54 Å². The first kappa shape index (κ1) is 18.5. The monoisotopic (exact) mass is 390 g/mol. The Morgan fingerprint density at radius 2 is 1.88 bits per heavy atom. The van der Waals surface area contributed by atoms with Crippen LogP contribution in [0.15, 0.2) is 53.9 Å². The van der Waals surface area contributed by atoms with Gasteiger partial charge in [-0.3, -0.25) is 4.79 Å². The van der Waals surface area contributed by atoms with E-state index in [-0.39, 0.29) is 11.7 Å². The van der Waals surface area contributed by atoms with Gasteiger partial charge in [0.25, 0.3) is 5.91 Å². The van der Waals surface area contributed by atoms with Crippen LogP contribution in [0.5, 0.6) is 0 Å². The third-order valence-corrected chi connectivity index (χ3v) is 4.91. The van der Waals surface area contributed by atoms with Crippen molar-refractivity contribution in [1.29, 1.82) is 0 Å². The summed E-state index contributed by atoms with van der Waals surface area (Å²) in [6, 6.07) is 13.3. The Balaban J connectivity index is 1.54. The fourth-order valence-electron chi connectivity index (χ4n) is 2.50. The van der Waals surface area contributed by atoms with Crippen molar-refractivity contribution in [3.05, 3.63) is 70.4 Å². The van der Waals surface area contributed by atoms with Gasteiger partial charge in [0.2, 0.25) is 0 Å². The summed E-state index contributed by atoms with van der Waals surface area (Å²) in [7, 11) is 1.94. The van der Waals surface area contributed by atoms with Crippen molar-refractivity contribution in [1.82, 2.24) is 4.98 Å². The molecule has 1 aromatic heterocycles. The number of rotatable bonds is 6. The lowest BCUT2D eigenvalue weighted by atomic mass is 10.2. The van der Waals surface area contributed by atoms with Crippen LogP contribution in [0.4, 0.5) is 10.1 Å². The molecule has 2 aromatic carbocycles. The molecular weight excluding hydrogens is 373 g/mol. The molecule has 1 atom stereocenters. The largest absolute Gasteiger partial charge is 0.325 e. The second-order valence-corrected chi connectivity index (χ2v) is 7.31. The highest BCUT2D eigenvalue weighted by Crippen LogP contribution is 2.24. The molecule has 26 heavy (non-hydrogen) atoms. The van der Waals surface area contributed by atoms with Crippen LogP contribution in [0.1, 0.15) is 5.69 Å². The van der Waals surface area contributed by atoms with Crippen LogP contribution in [-0.4, -0.2) is 24.5 Å². The average molecular weight is 391 g/mol. The molecule has 3 aromatic rings. The fraction of sp³-hybridized carbons (Fsp3) is 0.158. The van der Waals surface area contributed by atoms with Crippen molar-refractivity contribution in [2.75, 3.05) is 18.9 Å². The van der Waals surface area contributed by atoms with Gasteiger partial charge in [-0.05, 0) is 36.4 Å². The second-order valence-electron chi connectivity index (χ2n) is 6.02. The summed E-state index contributed by atoms with van der Waals surface area (Å²) in [6.45, 7) is 0.937. The zero-order valence-electron chi connectivity index (χ0n) is 14.1. The van der Waals surface area contributed by atoms with Gasteiger partial charge in [0.05, 0.1) is 7.05 Å². The fourth-order valence-corrected chi connectivity index (χ4v) is 3.45. The number of benzene rings is 2. The van der Waals surface area contributed by atoms with Crippen molar-refractivity contribution in [2.24, 2.45) is 0 Å². The van der Waals surface area contributed by atoms with Crippen molar-refractivity contribution in [3.63, 3.8) is 0 Å². The zero-order chi connectivity index (χ0) is 18.5. The predicted molar refractivity (Wildman–Crippen MR) is 103 cm³/mol. The molecule has 1 heterocycles. The molecule has 0 saturated carbocycles. The normalized spacial score (nSPS) is 12.0. The summed E-state index contributed by atoms with van der Waals surface area (Å²) in [4.78, 5) is 17.7. The lowest BCUT2D eigenvalue weighted by molar-refractivity contribution is -0.885. The van der Waals surface area contributed by atoms with Crippen molar-refractivity contribution in [3.8, 4) is 10.6 Å². The van der Waals surface area contributed by atoms with E-state index in [0.29, 0.717) is 23.8 Å². The highest BCUT2D eigenvalue weighted by atomic mass is 35.5. The van der Waals surface area contributed by atoms with Gasteiger partial charge in [-0.2, -0.15) is 0 Å². The summed E-state index contributed by atoms with van der Waals surface area (Å²) >= 11 is 7.48. The number of amides is 1. The SMILES string of the molecule is C[NH+](CC(=O)Nc1ccc(F)cc1)Cc1csc(-c2ccc(Cl)cc2)n1. The molecule has 2 N–H and O–H groups in total. The van der Waals surface area contributed by atoms with Gasteiger partial charge in [0, 0.05) is 21.7 Å². The minimum absolute atomic E-state index is 0.123. The molecule has 0 aliphatic rings. The molecule has 0 bridgehead atoms. The molecule has 0 radical (unpaired) electrons. The number of anilines is 1. The molecule has 4 nitrogen and oxygen atoms in total. The van der Waals surface area contributed by atoms with E-state index in [0.717, 1.165) is 21.2 Å². The van der Waals surface area contributed by atoms with Gasteiger partial charge in [0.1, 0.15) is 23.1 Å². The van der Waals surface area contributed by atoms with Crippen LogP contribution in [0.3, 0.4) is 0 Å². The van der Waals surface area contributed by atoms with Crippen molar-refractivity contribution >= 4 is 34.5 Å². The number of halogens is 2. The maximum absolute atomic E-state index is 12.9. The van der Waals surface area contributed by atoms with Crippen LogP contribution in [0, 0.1) is 5.82 Å². The van der Waals surface area contributed by atoms with Crippen molar-refractivity contribution < 1.29 is 14.1 Å². The van der Waals surface area contributed by atoms with E-state index in [9.17, 15) is 9.18 Å². The standard InChI is InChI=1S/C19H17ClFN3OS/c1-24(11-18(25)22-16-8-6-15(21)7-9-16)10-17-12-26-19(23-17)13-2-4-14(20)5-3-13/h2-9,12H,10-11H2,1H3,(H,22,25)/p+1. The molecule has 0 saturated heterocycles. The molecule has 1 unspecified atom stereocenters. The topological polar surface area (TPSA) is 46.4 Å². The maximum atomic E-state index is 12.9. The smallest absolute Gasteiger partial charge is 0.279 e. The Bertz CT molecular complexity index is 881. The molecule has 0 aliphatic heterocycles.